The number of hydrogen-bond donors (Lipinski definition) is 1. The van der Waals surface area contributed by atoms with Gasteiger partial charge in [-0.3, -0.25) is 0 Å². The van der Waals surface area contributed by atoms with Crippen molar-refractivity contribution in [1.82, 2.24) is 5.32 Å². The molecule has 2 heteroatoms. The Kier molecular flexibility index (Phi) is 2.46. The van der Waals surface area contributed by atoms with Crippen LogP contribution in [0.1, 0.15) is 13.8 Å². The van der Waals surface area contributed by atoms with Gasteiger partial charge in [-0.05, 0) is 13.8 Å². The Morgan fingerprint density at radius 2 is 2.30 bits per heavy atom. The van der Waals surface area contributed by atoms with E-state index in [9.17, 15) is 0 Å². The Hall–Kier alpha value is -0.340. The Balaban J connectivity index is 2.12. The Bertz CT molecular complexity index is 127. The minimum Gasteiger partial charge on any atom is -0.377 e. The summed E-state index contributed by atoms with van der Waals surface area (Å²) < 4.78 is 5.08. The van der Waals surface area contributed by atoms with Gasteiger partial charge in [0.15, 0.2) is 0 Å². The van der Waals surface area contributed by atoms with Crippen molar-refractivity contribution in [3.8, 4) is 0 Å². The quantitative estimate of drug-likeness (QED) is 0.591. The number of ether oxygens (including phenoxy) is 1. The van der Waals surface area contributed by atoms with E-state index >= 15 is 0 Å². The van der Waals surface area contributed by atoms with Gasteiger partial charge in [0.05, 0.1) is 18.8 Å². The van der Waals surface area contributed by atoms with Crippen molar-refractivity contribution in [2.24, 2.45) is 0 Å². The lowest BCUT2D eigenvalue weighted by Crippen LogP contribution is -2.58. The molecule has 0 radical (unpaired) electrons. The van der Waals surface area contributed by atoms with Gasteiger partial charge < -0.3 is 10.1 Å². The lowest BCUT2D eigenvalue weighted by atomic mass is 10.0. The van der Waals surface area contributed by atoms with E-state index in [2.05, 4.69) is 24.4 Å². The van der Waals surface area contributed by atoms with Crippen LogP contribution in [0.2, 0.25) is 0 Å². The van der Waals surface area contributed by atoms with Crippen molar-refractivity contribution in [3.05, 3.63) is 12.2 Å². The normalized spacial score (nSPS) is 23.0. The summed E-state index contributed by atoms with van der Waals surface area (Å²) in [6.07, 6.45) is 4.17. The molecule has 10 heavy (non-hydrogen) atoms. The van der Waals surface area contributed by atoms with Crippen LogP contribution in [-0.4, -0.2) is 25.3 Å². The lowest BCUT2D eigenvalue weighted by molar-refractivity contribution is -0.0623. The van der Waals surface area contributed by atoms with Crippen molar-refractivity contribution >= 4 is 0 Å². The molecule has 0 atom stereocenters. The van der Waals surface area contributed by atoms with E-state index in [1.807, 2.05) is 6.92 Å². The highest BCUT2D eigenvalue weighted by Gasteiger charge is 2.31. The third-order valence-electron chi connectivity index (χ3n) is 1.72. The molecule has 1 aliphatic heterocycles. The maximum atomic E-state index is 5.08. The molecule has 1 rings (SSSR count). The van der Waals surface area contributed by atoms with Crippen LogP contribution in [-0.2, 0) is 4.74 Å². The van der Waals surface area contributed by atoms with Crippen molar-refractivity contribution in [3.63, 3.8) is 0 Å². The highest BCUT2D eigenvalue weighted by Crippen LogP contribution is 2.14. The summed E-state index contributed by atoms with van der Waals surface area (Å²) in [7, 11) is 0. The molecule has 0 aromatic rings. The van der Waals surface area contributed by atoms with Crippen molar-refractivity contribution < 1.29 is 4.74 Å². The molecule has 1 fully saturated rings. The molecule has 0 saturated carbocycles. The molecular weight excluding hydrogens is 126 g/mol. The zero-order valence-electron chi connectivity index (χ0n) is 6.68. The molecular formula is C8H15NO. The van der Waals surface area contributed by atoms with Crippen LogP contribution in [0.3, 0.4) is 0 Å². The minimum atomic E-state index is 0.250. The highest BCUT2D eigenvalue weighted by atomic mass is 16.5. The first-order valence-corrected chi connectivity index (χ1v) is 3.71. The topological polar surface area (TPSA) is 21.3 Å². The largest absolute Gasteiger partial charge is 0.377 e. The SMILES string of the molecule is C/C=C/CNC1(C)COC1. The van der Waals surface area contributed by atoms with Crippen LogP contribution in [0.4, 0.5) is 0 Å². The zero-order valence-corrected chi connectivity index (χ0v) is 6.68. The number of rotatable bonds is 3. The van der Waals surface area contributed by atoms with Crippen LogP contribution in [0.25, 0.3) is 0 Å². The van der Waals surface area contributed by atoms with Gasteiger partial charge >= 0.3 is 0 Å². The summed E-state index contributed by atoms with van der Waals surface area (Å²) in [5.41, 5.74) is 0.250. The average molecular weight is 141 g/mol. The molecule has 1 N–H and O–H groups in total. The second-order valence-electron chi connectivity index (χ2n) is 3.00. The molecule has 1 aliphatic rings. The summed E-state index contributed by atoms with van der Waals surface area (Å²) >= 11 is 0. The number of nitrogens with one attached hydrogen (secondary N) is 1. The lowest BCUT2D eigenvalue weighted by Gasteiger charge is -2.38. The average Bonchev–Trinajstić information content (AvgIpc) is 1.85. The highest BCUT2D eigenvalue weighted by molar-refractivity contribution is 4.92. The van der Waals surface area contributed by atoms with Crippen molar-refractivity contribution in [2.45, 2.75) is 19.4 Å². The van der Waals surface area contributed by atoms with Gasteiger partial charge in [0.2, 0.25) is 0 Å². The van der Waals surface area contributed by atoms with E-state index in [1.54, 1.807) is 0 Å². The predicted molar refractivity (Wildman–Crippen MR) is 42.0 cm³/mol. The van der Waals surface area contributed by atoms with Crippen LogP contribution >= 0.6 is 0 Å². The zero-order chi connectivity index (χ0) is 7.45. The molecule has 0 bridgehead atoms. The van der Waals surface area contributed by atoms with Gasteiger partial charge in [0.25, 0.3) is 0 Å². The van der Waals surface area contributed by atoms with Crippen LogP contribution < -0.4 is 5.32 Å². The van der Waals surface area contributed by atoms with Gasteiger partial charge in [-0.25, -0.2) is 0 Å². The molecule has 0 unspecified atom stereocenters. The fourth-order valence-electron chi connectivity index (χ4n) is 0.933. The fraction of sp³-hybridized carbons (Fsp3) is 0.750. The van der Waals surface area contributed by atoms with Crippen molar-refractivity contribution in [1.29, 1.82) is 0 Å². The number of allylic oxidation sites excluding steroid dienone is 1. The van der Waals surface area contributed by atoms with Crippen LogP contribution in [0, 0.1) is 0 Å². The van der Waals surface area contributed by atoms with Crippen LogP contribution in [0.5, 0.6) is 0 Å². The van der Waals surface area contributed by atoms with E-state index in [4.69, 9.17) is 4.74 Å². The Morgan fingerprint density at radius 3 is 2.70 bits per heavy atom. The molecule has 1 saturated heterocycles. The number of hydrogen-bond acceptors (Lipinski definition) is 2. The Morgan fingerprint density at radius 1 is 1.60 bits per heavy atom. The van der Waals surface area contributed by atoms with Gasteiger partial charge in [-0.15, -0.1) is 0 Å². The summed E-state index contributed by atoms with van der Waals surface area (Å²) in [5.74, 6) is 0. The standard InChI is InChI=1S/C8H15NO/c1-3-4-5-9-8(2)6-10-7-8/h3-4,9H,5-7H2,1-2H3/b4-3+. The van der Waals surface area contributed by atoms with E-state index in [1.165, 1.54) is 0 Å². The first-order valence-electron chi connectivity index (χ1n) is 3.71. The first-order chi connectivity index (χ1) is 4.77. The molecule has 2 nitrogen and oxygen atoms in total. The third-order valence-corrected chi connectivity index (χ3v) is 1.72. The summed E-state index contributed by atoms with van der Waals surface area (Å²) in [6.45, 7) is 6.87. The molecule has 0 aliphatic carbocycles. The minimum absolute atomic E-state index is 0.250. The van der Waals surface area contributed by atoms with Crippen LogP contribution in [0.15, 0.2) is 12.2 Å². The molecule has 1 heterocycles. The molecule has 0 amide bonds. The third kappa shape index (κ3) is 1.82. The molecule has 0 spiro atoms. The second kappa shape index (κ2) is 3.17. The molecule has 0 aromatic heterocycles. The van der Waals surface area contributed by atoms with E-state index in [-0.39, 0.29) is 5.54 Å². The smallest absolute Gasteiger partial charge is 0.0669 e. The first kappa shape index (κ1) is 7.76. The van der Waals surface area contributed by atoms with Gasteiger partial charge in [-0.1, -0.05) is 12.2 Å². The monoisotopic (exact) mass is 141 g/mol. The summed E-state index contributed by atoms with van der Waals surface area (Å²) in [4.78, 5) is 0. The van der Waals surface area contributed by atoms with E-state index in [0.717, 1.165) is 19.8 Å². The van der Waals surface area contributed by atoms with Crippen molar-refractivity contribution in [2.75, 3.05) is 19.8 Å². The predicted octanol–water partition coefficient (Wildman–Crippen LogP) is 0.941. The maximum absolute atomic E-state index is 5.08. The second-order valence-corrected chi connectivity index (χ2v) is 3.00. The molecule has 58 valence electrons. The van der Waals surface area contributed by atoms with Gasteiger partial charge in [-0.2, -0.15) is 0 Å². The van der Waals surface area contributed by atoms with Gasteiger partial charge in [0.1, 0.15) is 0 Å². The summed E-state index contributed by atoms with van der Waals surface area (Å²) in [6, 6.07) is 0. The maximum Gasteiger partial charge on any atom is 0.0669 e. The van der Waals surface area contributed by atoms with E-state index < -0.39 is 0 Å². The molecule has 0 aromatic carbocycles. The van der Waals surface area contributed by atoms with Gasteiger partial charge in [0, 0.05) is 6.54 Å². The Labute approximate surface area is 62.3 Å². The van der Waals surface area contributed by atoms with E-state index in [0.29, 0.717) is 0 Å². The summed E-state index contributed by atoms with van der Waals surface area (Å²) in [5, 5.41) is 3.38. The fourth-order valence-corrected chi connectivity index (χ4v) is 0.933.